The first-order chi connectivity index (χ1) is 6.31. The van der Waals surface area contributed by atoms with Gasteiger partial charge in [-0.2, -0.15) is 0 Å². The zero-order chi connectivity index (χ0) is 9.94. The van der Waals surface area contributed by atoms with Gasteiger partial charge >= 0.3 is 90.2 Å². The maximum absolute atomic E-state index is 11.0. The maximum Gasteiger partial charge on any atom is -1.00 e. The first-order valence-corrected chi connectivity index (χ1v) is 7.03. The summed E-state index contributed by atoms with van der Waals surface area (Å²) in [4.78, 5) is 11.0. The molecule has 0 rings (SSSR count). The number of allylic oxidation sites excluding steroid dienone is 1. The minimum atomic E-state index is -0.194. The van der Waals surface area contributed by atoms with Crippen molar-refractivity contribution in [3.8, 4) is 0 Å². The molecule has 0 aromatic heterocycles. The second-order valence-electron chi connectivity index (χ2n) is 2.92. The van der Waals surface area contributed by atoms with E-state index < -0.39 is 0 Å². The van der Waals surface area contributed by atoms with Crippen LogP contribution < -0.4 is 24.0 Å². The van der Waals surface area contributed by atoms with Gasteiger partial charge in [0.15, 0.2) is 0 Å². The standard InChI is InChI=1S/C10H17O2.HI.Zn/c1-3-5-7-8-10(11)12-9-6-4-2;;/h7-8H,1,3-6,9H2,2H3;1H;/q;;+1/p-1/b8-7+;;. The van der Waals surface area contributed by atoms with Gasteiger partial charge in [0.25, 0.3) is 0 Å². The van der Waals surface area contributed by atoms with Crippen molar-refractivity contribution in [2.45, 2.75) is 37.6 Å². The third kappa shape index (κ3) is 12.6. The van der Waals surface area contributed by atoms with E-state index in [2.05, 4.69) is 6.92 Å². The van der Waals surface area contributed by atoms with Crippen molar-refractivity contribution in [3.63, 3.8) is 0 Å². The predicted molar refractivity (Wildman–Crippen MR) is 49.0 cm³/mol. The molecule has 4 heteroatoms. The molecule has 0 heterocycles. The van der Waals surface area contributed by atoms with Crippen LogP contribution in [0.2, 0.25) is 5.02 Å². The van der Waals surface area contributed by atoms with Gasteiger partial charge in [0.05, 0.1) is 0 Å². The minimum absolute atomic E-state index is 0. The maximum atomic E-state index is 11.0. The Balaban J connectivity index is 0. The summed E-state index contributed by atoms with van der Waals surface area (Å²) in [6.07, 6.45) is 7.67. The normalized spacial score (nSPS) is 9.93. The van der Waals surface area contributed by atoms with Gasteiger partial charge in [0, 0.05) is 0 Å². The van der Waals surface area contributed by atoms with E-state index in [9.17, 15) is 4.79 Å². The molecular formula is C10H17IO2Zn. The van der Waals surface area contributed by atoms with E-state index in [4.69, 9.17) is 4.74 Å². The molecule has 0 aliphatic carbocycles. The van der Waals surface area contributed by atoms with Crippen molar-refractivity contribution in [3.05, 3.63) is 12.2 Å². The van der Waals surface area contributed by atoms with Crippen molar-refractivity contribution in [1.82, 2.24) is 0 Å². The second kappa shape index (κ2) is 13.6. The van der Waals surface area contributed by atoms with Crippen LogP contribution in [-0.4, -0.2) is 12.6 Å². The van der Waals surface area contributed by atoms with E-state index in [0.29, 0.717) is 6.61 Å². The Morgan fingerprint density at radius 2 is 2.14 bits per heavy atom. The number of rotatable bonds is 7. The summed E-state index contributed by atoms with van der Waals surface area (Å²) in [7, 11) is 0. The first kappa shape index (κ1) is 17.0. The van der Waals surface area contributed by atoms with Crippen LogP contribution in [0.4, 0.5) is 0 Å². The monoisotopic (exact) mass is 360 g/mol. The molecule has 0 aromatic rings. The van der Waals surface area contributed by atoms with Gasteiger partial charge in [-0.15, -0.1) is 0 Å². The van der Waals surface area contributed by atoms with E-state index in [1.54, 1.807) is 6.08 Å². The van der Waals surface area contributed by atoms with E-state index in [1.165, 1.54) is 29.7 Å². The quantitative estimate of drug-likeness (QED) is 0.203. The SMILES string of the molecule is CCCCOC(=O)/C=C/CC[CH2][Zn+].[I-]. The zero-order valence-electron chi connectivity index (χ0n) is 8.80. The molecule has 0 aliphatic heterocycles. The molecule has 0 saturated heterocycles. The van der Waals surface area contributed by atoms with Gasteiger partial charge in [-0.1, -0.05) is 0 Å². The first-order valence-electron chi connectivity index (χ1n) is 4.93. The Morgan fingerprint density at radius 3 is 2.71 bits per heavy atom. The summed E-state index contributed by atoms with van der Waals surface area (Å²) in [6.45, 7) is 2.63. The molecule has 2 nitrogen and oxygen atoms in total. The summed E-state index contributed by atoms with van der Waals surface area (Å²) in [5, 5.41) is 1.29. The van der Waals surface area contributed by atoms with Crippen LogP contribution >= 0.6 is 0 Å². The topological polar surface area (TPSA) is 26.3 Å². The van der Waals surface area contributed by atoms with Gasteiger partial charge in [-0.3, -0.25) is 0 Å². The number of hydrogen-bond donors (Lipinski definition) is 0. The van der Waals surface area contributed by atoms with Gasteiger partial charge in [-0.05, 0) is 0 Å². The molecule has 0 spiro atoms. The minimum Gasteiger partial charge on any atom is -1.00 e. The number of hydrogen-bond acceptors (Lipinski definition) is 2. The van der Waals surface area contributed by atoms with Crippen molar-refractivity contribution < 1.29 is 51.8 Å². The molecular weight excluding hydrogens is 344 g/mol. The number of unbranched alkanes of at least 4 members (excludes halogenated alkanes) is 2. The summed E-state index contributed by atoms with van der Waals surface area (Å²) < 4.78 is 4.94. The molecule has 0 aliphatic rings. The molecule has 0 bridgehead atoms. The summed E-state index contributed by atoms with van der Waals surface area (Å²) in [5.41, 5.74) is 0. The molecule has 0 unspecified atom stereocenters. The molecule has 0 aromatic carbocycles. The van der Waals surface area contributed by atoms with Crippen molar-refractivity contribution in [2.24, 2.45) is 0 Å². The number of carbonyl (C=O) groups excluding carboxylic acids is 1. The average Bonchev–Trinajstić information content (AvgIpc) is 2.13. The van der Waals surface area contributed by atoms with Crippen LogP contribution in [-0.2, 0) is 27.8 Å². The molecule has 0 saturated carbocycles. The number of esters is 1. The van der Waals surface area contributed by atoms with E-state index in [1.807, 2.05) is 6.08 Å². The largest absolute Gasteiger partial charge is 1.00 e. The fourth-order valence-electron chi connectivity index (χ4n) is 0.807. The van der Waals surface area contributed by atoms with Gasteiger partial charge in [0.1, 0.15) is 0 Å². The number of carbonyl (C=O) groups is 1. The van der Waals surface area contributed by atoms with Crippen LogP contribution in [0.25, 0.3) is 0 Å². The molecule has 0 fully saturated rings. The Labute approximate surface area is 114 Å². The summed E-state index contributed by atoms with van der Waals surface area (Å²) in [6, 6.07) is 0. The van der Waals surface area contributed by atoms with Gasteiger partial charge in [-0.25, -0.2) is 0 Å². The van der Waals surface area contributed by atoms with E-state index in [0.717, 1.165) is 19.3 Å². The van der Waals surface area contributed by atoms with Crippen molar-refractivity contribution in [2.75, 3.05) is 6.61 Å². The Morgan fingerprint density at radius 1 is 1.43 bits per heavy atom. The van der Waals surface area contributed by atoms with Crippen molar-refractivity contribution >= 4 is 5.97 Å². The Hall–Kier alpha value is 0.563. The molecule has 0 amide bonds. The smallest absolute Gasteiger partial charge is 1.00 e. The van der Waals surface area contributed by atoms with Crippen LogP contribution in [0.5, 0.6) is 0 Å². The van der Waals surface area contributed by atoms with Gasteiger partial charge in [0.2, 0.25) is 0 Å². The molecule has 0 radical (unpaired) electrons. The van der Waals surface area contributed by atoms with Crippen LogP contribution in [0.3, 0.4) is 0 Å². The summed E-state index contributed by atoms with van der Waals surface area (Å²) in [5.74, 6) is -0.194. The van der Waals surface area contributed by atoms with E-state index >= 15 is 0 Å². The van der Waals surface area contributed by atoms with Gasteiger partial charge < -0.3 is 24.0 Å². The Bertz CT molecular complexity index is 160. The fourth-order valence-corrected chi connectivity index (χ4v) is 1.41. The predicted octanol–water partition coefficient (Wildman–Crippen LogP) is -0.365. The van der Waals surface area contributed by atoms with Crippen LogP contribution in [0, 0.1) is 0 Å². The number of halogens is 1. The molecule has 14 heavy (non-hydrogen) atoms. The number of ether oxygens (including phenoxy) is 1. The third-order valence-electron chi connectivity index (χ3n) is 1.62. The zero-order valence-corrected chi connectivity index (χ0v) is 13.9. The van der Waals surface area contributed by atoms with Crippen LogP contribution in [0.1, 0.15) is 32.6 Å². The molecule has 78 valence electrons. The average molecular weight is 362 g/mol. The molecule has 0 atom stereocenters. The molecule has 0 N–H and O–H groups in total. The second-order valence-corrected chi connectivity index (χ2v) is 4.40. The van der Waals surface area contributed by atoms with Crippen molar-refractivity contribution in [1.29, 1.82) is 0 Å². The Kier molecular flexibility index (Phi) is 16.4. The summed E-state index contributed by atoms with van der Waals surface area (Å²) >= 11 is 1.34. The third-order valence-corrected chi connectivity index (χ3v) is 2.67. The van der Waals surface area contributed by atoms with Crippen LogP contribution in [0.15, 0.2) is 12.2 Å². The van der Waals surface area contributed by atoms with E-state index in [-0.39, 0.29) is 29.9 Å². The fraction of sp³-hybridized carbons (Fsp3) is 0.700.